The van der Waals surface area contributed by atoms with Crippen molar-refractivity contribution >= 4 is 29.2 Å². The van der Waals surface area contributed by atoms with Crippen LogP contribution in [0, 0.1) is 11.3 Å². The fraction of sp³-hybridized carbons (Fsp3) is 0.211. The standard InChI is InChI=1S/C19H19N3O3S/c1-4-25-19(24)15(12-20)18-22(14-8-6-5-7-9-14)13-17(26-18)16(23)10-11-21(2)3/h5-11,13H,4H2,1-3H3/b11-10+,18-15-. The number of ketones is 1. The number of hydrogen-bond donors (Lipinski definition) is 0. The Balaban J connectivity index is 2.47. The van der Waals surface area contributed by atoms with Gasteiger partial charge in [0.25, 0.3) is 0 Å². The van der Waals surface area contributed by atoms with Crippen LogP contribution < -0.4 is 4.90 Å². The molecule has 0 atom stereocenters. The number of nitriles is 1. The second-order valence-electron chi connectivity index (χ2n) is 5.46. The predicted octanol–water partition coefficient (Wildman–Crippen LogP) is 3.02. The average Bonchev–Trinajstić information content (AvgIpc) is 3.06. The van der Waals surface area contributed by atoms with Crippen LogP contribution in [-0.2, 0) is 14.3 Å². The maximum Gasteiger partial charge on any atom is 0.351 e. The molecule has 0 saturated carbocycles. The Morgan fingerprint density at radius 2 is 2.00 bits per heavy atom. The van der Waals surface area contributed by atoms with Gasteiger partial charge >= 0.3 is 5.97 Å². The SMILES string of the molecule is CCOC(=O)/C(C#N)=C1\SC(C(=O)/C=C/N(C)C)=CN1c1ccccc1. The maximum atomic E-state index is 12.4. The fourth-order valence-electron chi connectivity index (χ4n) is 2.10. The number of para-hydroxylation sites is 1. The second-order valence-corrected chi connectivity index (χ2v) is 6.49. The van der Waals surface area contributed by atoms with Gasteiger partial charge in [-0.3, -0.25) is 4.79 Å². The van der Waals surface area contributed by atoms with Crippen molar-refractivity contribution in [2.24, 2.45) is 0 Å². The summed E-state index contributed by atoms with van der Waals surface area (Å²) in [7, 11) is 3.63. The lowest BCUT2D eigenvalue weighted by atomic mass is 10.2. The highest BCUT2D eigenvalue weighted by Crippen LogP contribution is 2.41. The van der Waals surface area contributed by atoms with Gasteiger partial charge in [-0.05, 0) is 19.1 Å². The quantitative estimate of drug-likeness (QED) is 0.433. The third-order valence-electron chi connectivity index (χ3n) is 3.28. The van der Waals surface area contributed by atoms with Gasteiger partial charge in [0.15, 0.2) is 11.4 Å². The number of ether oxygens (including phenoxy) is 1. The number of benzene rings is 1. The van der Waals surface area contributed by atoms with Crippen molar-refractivity contribution in [2.45, 2.75) is 6.92 Å². The molecular formula is C19H19N3O3S. The number of carbonyl (C=O) groups excluding carboxylic acids is 2. The van der Waals surface area contributed by atoms with Crippen LogP contribution in [0.15, 0.2) is 64.3 Å². The number of anilines is 1. The van der Waals surface area contributed by atoms with Crippen LogP contribution in [0.3, 0.4) is 0 Å². The van der Waals surface area contributed by atoms with Crippen molar-refractivity contribution in [3.63, 3.8) is 0 Å². The first-order valence-electron chi connectivity index (χ1n) is 7.92. The molecule has 1 heterocycles. The first-order chi connectivity index (χ1) is 12.5. The molecule has 1 aromatic carbocycles. The highest BCUT2D eigenvalue weighted by Gasteiger charge is 2.30. The van der Waals surface area contributed by atoms with E-state index in [2.05, 4.69) is 0 Å². The van der Waals surface area contributed by atoms with Crippen molar-refractivity contribution in [1.82, 2.24) is 4.90 Å². The zero-order chi connectivity index (χ0) is 19.1. The third-order valence-corrected chi connectivity index (χ3v) is 4.40. The molecular weight excluding hydrogens is 350 g/mol. The molecule has 0 bridgehead atoms. The highest BCUT2D eigenvalue weighted by atomic mass is 32.2. The number of esters is 1. The number of nitrogens with zero attached hydrogens (tertiary/aromatic N) is 3. The molecule has 2 rings (SSSR count). The van der Waals surface area contributed by atoms with Crippen LogP contribution in [0.4, 0.5) is 5.69 Å². The molecule has 0 aromatic heterocycles. The molecule has 0 N–H and O–H groups in total. The monoisotopic (exact) mass is 369 g/mol. The van der Waals surface area contributed by atoms with Crippen LogP contribution in [0.25, 0.3) is 0 Å². The van der Waals surface area contributed by atoms with Gasteiger partial charge in [-0.2, -0.15) is 5.26 Å². The van der Waals surface area contributed by atoms with E-state index in [1.54, 1.807) is 29.1 Å². The van der Waals surface area contributed by atoms with Gasteiger partial charge in [0, 0.05) is 38.3 Å². The van der Waals surface area contributed by atoms with Crippen molar-refractivity contribution < 1.29 is 14.3 Å². The predicted molar refractivity (Wildman–Crippen MR) is 102 cm³/mol. The number of rotatable bonds is 6. The van der Waals surface area contributed by atoms with Gasteiger partial charge in [-0.15, -0.1) is 0 Å². The van der Waals surface area contributed by atoms with Crippen LogP contribution >= 0.6 is 11.8 Å². The van der Waals surface area contributed by atoms with Crippen molar-refractivity contribution in [3.05, 3.63) is 64.3 Å². The third kappa shape index (κ3) is 4.55. The summed E-state index contributed by atoms with van der Waals surface area (Å²) in [6.45, 7) is 1.84. The second kappa shape index (κ2) is 8.92. The minimum atomic E-state index is -0.704. The van der Waals surface area contributed by atoms with E-state index in [4.69, 9.17) is 4.74 Å². The summed E-state index contributed by atoms with van der Waals surface area (Å²) in [6.07, 6.45) is 4.73. The summed E-state index contributed by atoms with van der Waals surface area (Å²) >= 11 is 1.08. The molecule has 6 nitrogen and oxygen atoms in total. The van der Waals surface area contributed by atoms with E-state index in [0.29, 0.717) is 9.93 Å². The Bertz CT molecular complexity index is 820. The molecule has 0 aliphatic carbocycles. The smallest absolute Gasteiger partial charge is 0.351 e. The molecule has 0 spiro atoms. The number of thioether (sulfide) groups is 1. The molecule has 7 heteroatoms. The van der Waals surface area contributed by atoms with E-state index in [1.807, 2.05) is 50.5 Å². The highest BCUT2D eigenvalue weighted by molar-refractivity contribution is 8.08. The average molecular weight is 369 g/mol. The summed E-state index contributed by atoms with van der Waals surface area (Å²) in [6, 6.07) is 11.1. The minimum absolute atomic E-state index is 0.128. The Labute approximate surface area is 157 Å². The Morgan fingerprint density at radius 3 is 2.58 bits per heavy atom. The van der Waals surface area contributed by atoms with Crippen LogP contribution in [0.2, 0.25) is 0 Å². The Morgan fingerprint density at radius 1 is 1.31 bits per heavy atom. The summed E-state index contributed by atoms with van der Waals surface area (Å²) < 4.78 is 4.98. The first kappa shape index (κ1) is 19.3. The first-order valence-corrected chi connectivity index (χ1v) is 8.74. The largest absolute Gasteiger partial charge is 0.462 e. The zero-order valence-corrected chi connectivity index (χ0v) is 15.6. The Hall–Kier alpha value is -2.98. The van der Waals surface area contributed by atoms with E-state index in [9.17, 15) is 14.9 Å². The fourth-order valence-corrected chi connectivity index (χ4v) is 3.13. The lowest BCUT2D eigenvalue weighted by Gasteiger charge is -2.18. The Kier molecular flexibility index (Phi) is 6.64. The maximum absolute atomic E-state index is 12.4. The summed E-state index contributed by atoms with van der Waals surface area (Å²) in [5.74, 6) is -0.912. The summed E-state index contributed by atoms with van der Waals surface area (Å²) in [5.41, 5.74) is 0.614. The van der Waals surface area contributed by atoms with E-state index in [0.717, 1.165) is 17.4 Å². The number of hydrogen-bond acceptors (Lipinski definition) is 7. The summed E-state index contributed by atoms with van der Waals surface area (Å²) in [4.78, 5) is 28.4. The zero-order valence-electron chi connectivity index (χ0n) is 14.8. The van der Waals surface area contributed by atoms with Crippen LogP contribution in [0.1, 0.15) is 6.92 Å². The lowest BCUT2D eigenvalue weighted by Crippen LogP contribution is -2.16. The van der Waals surface area contributed by atoms with Gasteiger partial charge in [0.05, 0.1) is 11.5 Å². The molecule has 0 saturated heterocycles. The van der Waals surface area contributed by atoms with Gasteiger partial charge in [-0.1, -0.05) is 30.0 Å². The van der Waals surface area contributed by atoms with Crippen molar-refractivity contribution in [2.75, 3.05) is 25.6 Å². The van der Waals surface area contributed by atoms with Crippen LogP contribution in [0.5, 0.6) is 0 Å². The number of allylic oxidation sites excluding steroid dienone is 2. The lowest BCUT2D eigenvalue weighted by molar-refractivity contribution is -0.138. The van der Waals surface area contributed by atoms with E-state index in [-0.39, 0.29) is 18.0 Å². The summed E-state index contributed by atoms with van der Waals surface area (Å²) in [5, 5.41) is 9.83. The normalized spacial score (nSPS) is 15.5. The van der Waals surface area contributed by atoms with Crippen molar-refractivity contribution in [3.8, 4) is 6.07 Å². The molecule has 0 unspecified atom stereocenters. The van der Waals surface area contributed by atoms with E-state index >= 15 is 0 Å². The van der Waals surface area contributed by atoms with Gasteiger partial charge < -0.3 is 14.5 Å². The number of carbonyl (C=O) groups is 2. The van der Waals surface area contributed by atoms with E-state index < -0.39 is 5.97 Å². The molecule has 0 amide bonds. The van der Waals surface area contributed by atoms with Gasteiger partial charge in [-0.25, -0.2) is 4.79 Å². The molecule has 0 radical (unpaired) electrons. The van der Waals surface area contributed by atoms with Crippen LogP contribution in [-0.4, -0.2) is 37.4 Å². The molecule has 1 aliphatic rings. The van der Waals surface area contributed by atoms with Gasteiger partial charge in [0.2, 0.25) is 0 Å². The topological polar surface area (TPSA) is 73.6 Å². The van der Waals surface area contributed by atoms with E-state index in [1.165, 1.54) is 6.08 Å². The van der Waals surface area contributed by atoms with Gasteiger partial charge in [0.1, 0.15) is 11.1 Å². The molecule has 1 aromatic rings. The molecule has 1 aliphatic heterocycles. The minimum Gasteiger partial charge on any atom is -0.462 e. The van der Waals surface area contributed by atoms with Crippen molar-refractivity contribution in [1.29, 1.82) is 5.26 Å². The molecule has 0 fully saturated rings. The molecule has 134 valence electrons. The molecule has 26 heavy (non-hydrogen) atoms.